The van der Waals surface area contributed by atoms with E-state index in [1.54, 1.807) is 16.7 Å². The minimum absolute atomic E-state index is 0.855. The van der Waals surface area contributed by atoms with Crippen molar-refractivity contribution in [3.8, 4) is 0 Å². The Bertz CT molecular complexity index is 1030. The summed E-state index contributed by atoms with van der Waals surface area (Å²) in [5, 5.41) is 6.79. The molecule has 2 aromatic rings. The van der Waals surface area contributed by atoms with E-state index < -0.39 is 0 Å². The molecule has 32 heavy (non-hydrogen) atoms. The van der Waals surface area contributed by atoms with Crippen LogP contribution in [0.5, 0.6) is 0 Å². The van der Waals surface area contributed by atoms with E-state index in [-0.39, 0.29) is 0 Å². The highest BCUT2D eigenvalue weighted by atomic mass is 15.3. The zero-order valence-electron chi connectivity index (χ0n) is 19.5. The summed E-state index contributed by atoms with van der Waals surface area (Å²) in [5.74, 6) is 0. The number of nitrogens with zero attached hydrogens (tertiary/aromatic N) is 3. The molecule has 0 amide bonds. The van der Waals surface area contributed by atoms with Crippen molar-refractivity contribution in [3.05, 3.63) is 65.0 Å². The van der Waals surface area contributed by atoms with Gasteiger partial charge in [0.1, 0.15) is 0 Å². The molecule has 0 radical (unpaired) electrons. The second-order valence-electron chi connectivity index (χ2n) is 9.21. The Balaban J connectivity index is 1.24. The minimum atomic E-state index is 0.855. The Morgan fingerprint density at radius 1 is 1.16 bits per heavy atom. The van der Waals surface area contributed by atoms with E-state index in [4.69, 9.17) is 0 Å². The molecule has 3 heterocycles. The molecular formula is C27H35N5. The van der Waals surface area contributed by atoms with Crippen LogP contribution in [0.4, 0.5) is 11.4 Å². The normalized spacial score (nSPS) is 18.2. The van der Waals surface area contributed by atoms with Gasteiger partial charge in [0.05, 0.1) is 23.3 Å². The van der Waals surface area contributed by atoms with Gasteiger partial charge < -0.3 is 15.5 Å². The Kier molecular flexibility index (Phi) is 5.92. The van der Waals surface area contributed by atoms with Crippen LogP contribution in [-0.2, 0) is 13.0 Å². The highest BCUT2D eigenvalue weighted by Crippen LogP contribution is 2.42. The van der Waals surface area contributed by atoms with Gasteiger partial charge in [0.25, 0.3) is 0 Å². The van der Waals surface area contributed by atoms with E-state index in [1.807, 2.05) is 13.2 Å². The van der Waals surface area contributed by atoms with Crippen LogP contribution < -0.4 is 15.5 Å². The fourth-order valence-corrected chi connectivity index (χ4v) is 5.44. The lowest BCUT2D eigenvalue weighted by Gasteiger charge is -2.36. The summed E-state index contributed by atoms with van der Waals surface area (Å²) in [5.41, 5.74) is 12.1. The fraction of sp³-hybridized carbons (Fsp3) is 0.444. The Hall–Kier alpha value is -2.79. The van der Waals surface area contributed by atoms with Crippen LogP contribution in [0.1, 0.15) is 48.6 Å². The van der Waals surface area contributed by atoms with Crippen molar-refractivity contribution in [2.75, 3.05) is 50.0 Å². The van der Waals surface area contributed by atoms with Gasteiger partial charge in [-0.1, -0.05) is 19.6 Å². The van der Waals surface area contributed by atoms with Crippen molar-refractivity contribution in [2.24, 2.45) is 0 Å². The lowest BCUT2D eigenvalue weighted by Crippen LogP contribution is -2.46. The van der Waals surface area contributed by atoms with Crippen molar-refractivity contribution in [2.45, 2.75) is 39.2 Å². The molecule has 0 unspecified atom stereocenters. The van der Waals surface area contributed by atoms with Gasteiger partial charge in [0, 0.05) is 57.6 Å². The number of anilines is 2. The molecule has 0 spiro atoms. The van der Waals surface area contributed by atoms with Crippen LogP contribution in [0.3, 0.4) is 0 Å². The SMILES string of the molecule is C=C(NC)c1ccc(N2CCN(Cc3cc4c5c(c3)NCC(CC)=C5CCC4)CC2)cn1. The van der Waals surface area contributed by atoms with Crippen molar-refractivity contribution in [1.29, 1.82) is 0 Å². The van der Waals surface area contributed by atoms with E-state index in [1.165, 1.54) is 41.8 Å². The number of benzene rings is 1. The Morgan fingerprint density at radius 2 is 2.00 bits per heavy atom. The van der Waals surface area contributed by atoms with Crippen LogP contribution >= 0.6 is 0 Å². The number of aryl methyl sites for hydroxylation is 1. The highest BCUT2D eigenvalue weighted by molar-refractivity contribution is 5.85. The summed E-state index contributed by atoms with van der Waals surface area (Å²) >= 11 is 0. The van der Waals surface area contributed by atoms with Crippen LogP contribution in [0, 0.1) is 0 Å². The van der Waals surface area contributed by atoms with Gasteiger partial charge in [-0.15, -0.1) is 0 Å². The van der Waals surface area contributed by atoms with Gasteiger partial charge in [-0.3, -0.25) is 9.88 Å². The summed E-state index contributed by atoms with van der Waals surface area (Å²) in [6.07, 6.45) is 6.90. The highest BCUT2D eigenvalue weighted by Gasteiger charge is 2.25. The summed E-state index contributed by atoms with van der Waals surface area (Å²) in [6.45, 7) is 12.6. The number of nitrogens with one attached hydrogen (secondary N) is 2. The Morgan fingerprint density at radius 3 is 2.72 bits per heavy atom. The van der Waals surface area contributed by atoms with Gasteiger partial charge in [0.2, 0.25) is 0 Å². The smallest absolute Gasteiger partial charge is 0.0856 e. The van der Waals surface area contributed by atoms with E-state index in [2.05, 4.69) is 63.2 Å². The number of rotatable bonds is 6. The summed E-state index contributed by atoms with van der Waals surface area (Å²) < 4.78 is 0. The van der Waals surface area contributed by atoms with Crippen molar-refractivity contribution in [1.82, 2.24) is 15.2 Å². The number of pyridine rings is 1. The fourth-order valence-electron chi connectivity index (χ4n) is 5.44. The molecule has 1 saturated heterocycles. The summed E-state index contributed by atoms with van der Waals surface area (Å²) in [6, 6.07) is 9.12. The molecule has 1 aromatic heterocycles. The second kappa shape index (κ2) is 8.99. The maximum absolute atomic E-state index is 4.57. The molecule has 0 bridgehead atoms. The predicted molar refractivity (Wildman–Crippen MR) is 135 cm³/mol. The maximum atomic E-state index is 4.57. The molecule has 2 N–H and O–H groups in total. The molecule has 5 heteroatoms. The molecule has 168 valence electrons. The average molecular weight is 430 g/mol. The van der Waals surface area contributed by atoms with E-state index in [9.17, 15) is 0 Å². The lowest BCUT2D eigenvalue weighted by molar-refractivity contribution is 0.250. The average Bonchev–Trinajstić information content (AvgIpc) is 2.84. The van der Waals surface area contributed by atoms with Crippen molar-refractivity contribution in [3.63, 3.8) is 0 Å². The molecule has 3 aliphatic rings. The van der Waals surface area contributed by atoms with Gasteiger partial charge >= 0.3 is 0 Å². The van der Waals surface area contributed by atoms with E-state index in [0.717, 1.165) is 57.1 Å². The first-order valence-corrected chi connectivity index (χ1v) is 12.1. The van der Waals surface area contributed by atoms with Crippen molar-refractivity contribution >= 4 is 22.6 Å². The molecule has 0 atom stereocenters. The quantitative estimate of drug-likeness (QED) is 0.707. The molecule has 2 aliphatic heterocycles. The van der Waals surface area contributed by atoms with Gasteiger partial charge in [0.15, 0.2) is 0 Å². The maximum Gasteiger partial charge on any atom is 0.0856 e. The first-order valence-electron chi connectivity index (χ1n) is 12.1. The minimum Gasteiger partial charge on any atom is -0.387 e. The Labute approximate surface area is 192 Å². The molecule has 1 aliphatic carbocycles. The lowest BCUT2D eigenvalue weighted by atomic mass is 9.80. The van der Waals surface area contributed by atoms with Crippen LogP contribution in [0.15, 0.2) is 42.6 Å². The van der Waals surface area contributed by atoms with E-state index >= 15 is 0 Å². The molecule has 1 aromatic carbocycles. The topological polar surface area (TPSA) is 43.4 Å². The number of hydrogen-bond acceptors (Lipinski definition) is 5. The molecule has 1 fully saturated rings. The third-order valence-electron chi connectivity index (χ3n) is 7.30. The van der Waals surface area contributed by atoms with Crippen LogP contribution in [0.25, 0.3) is 11.3 Å². The molecular weight excluding hydrogens is 394 g/mol. The van der Waals surface area contributed by atoms with E-state index in [0.29, 0.717) is 0 Å². The van der Waals surface area contributed by atoms with Crippen LogP contribution in [0.2, 0.25) is 0 Å². The zero-order valence-corrected chi connectivity index (χ0v) is 19.5. The van der Waals surface area contributed by atoms with Gasteiger partial charge in [-0.2, -0.15) is 0 Å². The number of aromatic nitrogens is 1. The van der Waals surface area contributed by atoms with Gasteiger partial charge in [-0.25, -0.2) is 0 Å². The molecule has 5 nitrogen and oxygen atoms in total. The first kappa shape index (κ1) is 21.1. The summed E-state index contributed by atoms with van der Waals surface area (Å²) in [7, 11) is 1.88. The monoisotopic (exact) mass is 429 g/mol. The zero-order chi connectivity index (χ0) is 22.1. The predicted octanol–water partition coefficient (Wildman–Crippen LogP) is 4.52. The number of piperazine rings is 1. The largest absolute Gasteiger partial charge is 0.387 e. The van der Waals surface area contributed by atoms with Gasteiger partial charge in [-0.05, 0) is 66.2 Å². The van der Waals surface area contributed by atoms with Crippen molar-refractivity contribution < 1.29 is 0 Å². The third-order valence-corrected chi connectivity index (χ3v) is 7.30. The third kappa shape index (κ3) is 4.02. The first-order chi connectivity index (χ1) is 15.7. The second-order valence-corrected chi connectivity index (χ2v) is 9.21. The van der Waals surface area contributed by atoms with Crippen LogP contribution in [-0.4, -0.2) is 49.7 Å². The number of allylic oxidation sites excluding steroid dienone is 1. The molecule has 0 saturated carbocycles. The summed E-state index contributed by atoms with van der Waals surface area (Å²) in [4.78, 5) is 9.60. The standard InChI is InChI=1S/C27H35N5/c1-4-21-16-29-26-15-20(14-22-6-5-7-24(21)27(22)26)18-31-10-12-32(13-11-31)23-8-9-25(30-17-23)19(2)28-3/h8-9,14-15,17,28-29H,2,4-7,10-13,16,18H2,1,3H3. The number of hydrogen-bond donors (Lipinski definition) is 2. The molecule has 5 rings (SSSR count).